The van der Waals surface area contributed by atoms with Crippen LogP contribution in [0.2, 0.25) is 10.0 Å². The molecule has 0 aromatic heterocycles. The van der Waals surface area contributed by atoms with Gasteiger partial charge in [0.1, 0.15) is 0 Å². The smallest absolute Gasteiger partial charge is 0.257 e. The van der Waals surface area contributed by atoms with Crippen molar-refractivity contribution in [1.29, 1.82) is 0 Å². The van der Waals surface area contributed by atoms with Crippen molar-refractivity contribution < 1.29 is 4.79 Å². The van der Waals surface area contributed by atoms with Crippen LogP contribution in [-0.2, 0) is 0 Å². The molecule has 0 aliphatic carbocycles. The number of halogens is 3. The number of hydrogen-bond acceptors (Lipinski definition) is 2. The van der Waals surface area contributed by atoms with E-state index >= 15 is 0 Å². The van der Waals surface area contributed by atoms with Gasteiger partial charge in [-0.2, -0.15) is 0 Å². The van der Waals surface area contributed by atoms with Crippen LogP contribution in [-0.4, -0.2) is 5.91 Å². The van der Waals surface area contributed by atoms with Gasteiger partial charge in [0, 0.05) is 0 Å². The lowest BCUT2D eigenvalue weighted by Gasteiger charge is -2.10. The first-order valence-corrected chi connectivity index (χ1v) is 6.85. The van der Waals surface area contributed by atoms with Crippen LogP contribution in [0.25, 0.3) is 0 Å². The number of nitrogens with one attached hydrogen (secondary N) is 1. The summed E-state index contributed by atoms with van der Waals surface area (Å²) in [7, 11) is 0. The maximum atomic E-state index is 12.1. The molecule has 0 heterocycles. The number of benzene rings is 2. The average molecular weight is 360 g/mol. The predicted octanol–water partition coefficient (Wildman–Crippen LogP) is 4.59. The zero-order valence-electron chi connectivity index (χ0n) is 9.58. The Morgan fingerprint density at radius 3 is 2.58 bits per heavy atom. The van der Waals surface area contributed by atoms with Crippen LogP contribution >= 0.6 is 39.1 Å². The van der Waals surface area contributed by atoms with Crippen molar-refractivity contribution in [3.63, 3.8) is 0 Å². The standard InChI is InChI=1S/C13H9BrCl2N2O/c14-11-8(15)4-2-6-10(11)18-13(19)7-3-1-5-9(17)12(7)16/h1-6H,17H2,(H,18,19). The van der Waals surface area contributed by atoms with E-state index in [4.69, 9.17) is 28.9 Å². The molecule has 2 aromatic rings. The lowest BCUT2D eigenvalue weighted by molar-refractivity contribution is 0.102. The van der Waals surface area contributed by atoms with Crippen molar-refractivity contribution >= 4 is 56.4 Å². The number of hydrogen-bond donors (Lipinski definition) is 2. The van der Waals surface area contributed by atoms with E-state index in [9.17, 15) is 4.79 Å². The number of anilines is 2. The van der Waals surface area contributed by atoms with Crippen LogP contribution in [0.1, 0.15) is 10.4 Å². The molecule has 3 nitrogen and oxygen atoms in total. The fourth-order valence-corrected chi connectivity index (χ4v) is 2.26. The molecule has 0 atom stereocenters. The molecule has 6 heteroatoms. The van der Waals surface area contributed by atoms with Gasteiger partial charge in [-0.3, -0.25) is 4.79 Å². The normalized spacial score (nSPS) is 10.3. The Labute approximate surface area is 128 Å². The van der Waals surface area contributed by atoms with Gasteiger partial charge in [0.25, 0.3) is 5.91 Å². The van der Waals surface area contributed by atoms with Gasteiger partial charge in [0.05, 0.1) is 31.5 Å². The Hall–Kier alpha value is -1.23. The molecule has 0 aliphatic heterocycles. The van der Waals surface area contributed by atoms with E-state index in [-0.39, 0.29) is 10.9 Å². The number of carbonyl (C=O) groups excluding carboxylic acids is 1. The first-order chi connectivity index (χ1) is 9.00. The van der Waals surface area contributed by atoms with Gasteiger partial charge in [-0.05, 0) is 40.2 Å². The minimum atomic E-state index is -0.347. The number of rotatable bonds is 2. The van der Waals surface area contributed by atoms with Gasteiger partial charge in [0.15, 0.2) is 0 Å². The van der Waals surface area contributed by atoms with Crippen molar-refractivity contribution in [2.24, 2.45) is 0 Å². The van der Waals surface area contributed by atoms with Gasteiger partial charge in [-0.1, -0.05) is 35.3 Å². The molecule has 1 amide bonds. The van der Waals surface area contributed by atoms with Gasteiger partial charge in [-0.15, -0.1) is 0 Å². The minimum Gasteiger partial charge on any atom is -0.398 e. The quantitative estimate of drug-likeness (QED) is 0.770. The van der Waals surface area contributed by atoms with Crippen molar-refractivity contribution in [2.75, 3.05) is 11.1 Å². The monoisotopic (exact) mass is 358 g/mol. The molecule has 2 rings (SSSR count). The zero-order valence-corrected chi connectivity index (χ0v) is 12.7. The summed E-state index contributed by atoms with van der Waals surface area (Å²) in [6.45, 7) is 0. The topological polar surface area (TPSA) is 55.1 Å². The van der Waals surface area contributed by atoms with E-state index in [0.29, 0.717) is 26.4 Å². The van der Waals surface area contributed by atoms with Crippen LogP contribution in [0.3, 0.4) is 0 Å². The Kier molecular flexibility index (Phi) is 4.34. The highest BCUT2D eigenvalue weighted by atomic mass is 79.9. The molecule has 0 aliphatic rings. The zero-order chi connectivity index (χ0) is 14.0. The van der Waals surface area contributed by atoms with Crippen LogP contribution in [0.15, 0.2) is 40.9 Å². The molecule has 0 unspecified atom stereocenters. The summed E-state index contributed by atoms with van der Waals surface area (Å²) in [6.07, 6.45) is 0. The van der Waals surface area contributed by atoms with E-state index < -0.39 is 0 Å². The molecule has 0 bridgehead atoms. The Morgan fingerprint density at radius 1 is 1.16 bits per heavy atom. The van der Waals surface area contributed by atoms with Crippen molar-refractivity contribution in [2.45, 2.75) is 0 Å². The number of amides is 1. The second-order valence-corrected chi connectivity index (χ2v) is 5.34. The maximum absolute atomic E-state index is 12.1. The average Bonchev–Trinajstić information content (AvgIpc) is 2.38. The Morgan fingerprint density at radius 2 is 1.84 bits per heavy atom. The molecule has 3 N–H and O–H groups in total. The molecule has 0 spiro atoms. The fourth-order valence-electron chi connectivity index (χ4n) is 1.52. The van der Waals surface area contributed by atoms with Crippen LogP contribution in [0, 0.1) is 0 Å². The molecule has 0 radical (unpaired) electrons. The van der Waals surface area contributed by atoms with E-state index in [1.54, 1.807) is 36.4 Å². The summed E-state index contributed by atoms with van der Waals surface area (Å²) in [5, 5.41) is 3.47. The highest BCUT2D eigenvalue weighted by Gasteiger charge is 2.14. The first kappa shape index (κ1) is 14.2. The maximum Gasteiger partial charge on any atom is 0.257 e. The van der Waals surface area contributed by atoms with E-state index in [1.165, 1.54) is 0 Å². The molecule has 0 saturated carbocycles. The molecule has 0 fully saturated rings. The first-order valence-electron chi connectivity index (χ1n) is 5.30. The summed E-state index contributed by atoms with van der Waals surface area (Å²) in [5.74, 6) is -0.347. The van der Waals surface area contributed by atoms with Crippen LogP contribution in [0.4, 0.5) is 11.4 Å². The summed E-state index contributed by atoms with van der Waals surface area (Å²) in [6, 6.07) is 10.1. The van der Waals surface area contributed by atoms with E-state index in [1.807, 2.05) is 0 Å². The highest BCUT2D eigenvalue weighted by Crippen LogP contribution is 2.31. The second kappa shape index (κ2) is 5.82. The van der Waals surface area contributed by atoms with Gasteiger partial charge in [0.2, 0.25) is 0 Å². The van der Waals surface area contributed by atoms with E-state index in [0.717, 1.165) is 0 Å². The number of carbonyl (C=O) groups is 1. The summed E-state index contributed by atoms with van der Waals surface area (Å²) in [4.78, 5) is 12.1. The third-order valence-electron chi connectivity index (χ3n) is 2.47. The summed E-state index contributed by atoms with van der Waals surface area (Å²) in [5.41, 5.74) is 6.90. The predicted molar refractivity (Wildman–Crippen MR) is 83.0 cm³/mol. The lowest BCUT2D eigenvalue weighted by atomic mass is 10.2. The number of nitrogen functional groups attached to an aromatic ring is 1. The molecular weight excluding hydrogens is 351 g/mol. The fraction of sp³-hybridized carbons (Fsp3) is 0. The molecule has 0 saturated heterocycles. The van der Waals surface area contributed by atoms with Gasteiger partial charge >= 0.3 is 0 Å². The van der Waals surface area contributed by atoms with Crippen LogP contribution in [0.5, 0.6) is 0 Å². The van der Waals surface area contributed by atoms with Gasteiger partial charge < -0.3 is 11.1 Å². The largest absolute Gasteiger partial charge is 0.398 e. The SMILES string of the molecule is Nc1cccc(C(=O)Nc2cccc(Cl)c2Br)c1Cl. The summed E-state index contributed by atoms with van der Waals surface area (Å²) < 4.78 is 0.616. The van der Waals surface area contributed by atoms with Crippen molar-refractivity contribution in [1.82, 2.24) is 0 Å². The van der Waals surface area contributed by atoms with Gasteiger partial charge in [-0.25, -0.2) is 0 Å². The van der Waals surface area contributed by atoms with Crippen molar-refractivity contribution in [3.8, 4) is 0 Å². The lowest BCUT2D eigenvalue weighted by Crippen LogP contribution is -2.13. The Balaban J connectivity index is 2.31. The molecule has 98 valence electrons. The van der Waals surface area contributed by atoms with E-state index in [2.05, 4.69) is 21.2 Å². The Bertz CT molecular complexity index is 647. The molecule has 19 heavy (non-hydrogen) atoms. The molecule has 2 aromatic carbocycles. The minimum absolute atomic E-state index is 0.234. The van der Waals surface area contributed by atoms with Crippen molar-refractivity contribution in [3.05, 3.63) is 56.5 Å². The highest BCUT2D eigenvalue weighted by molar-refractivity contribution is 9.10. The third kappa shape index (κ3) is 3.03. The second-order valence-electron chi connectivity index (χ2n) is 3.76. The summed E-state index contributed by atoms with van der Waals surface area (Å²) >= 11 is 15.3. The number of nitrogens with two attached hydrogens (primary N) is 1. The third-order valence-corrected chi connectivity index (χ3v) is 4.29. The molecular formula is C13H9BrCl2N2O. The van der Waals surface area contributed by atoms with Crippen LogP contribution < -0.4 is 11.1 Å².